The quantitative estimate of drug-likeness (QED) is 0.754. The van der Waals surface area contributed by atoms with E-state index in [1.54, 1.807) is 0 Å². The maximum atomic E-state index is 8.76. The Morgan fingerprint density at radius 2 is 1.87 bits per heavy atom. The number of hydroxylamine groups is 1. The number of hydrogen-bond acceptors (Lipinski definition) is 3. The Bertz CT molecular complexity index is 422. The van der Waals surface area contributed by atoms with Crippen molar-refractivity contribution < 1.29 is 9.62 Å². The standard InChI is InChI=1S/C12H13NO2/c1-9(13-14)11-7-8-12(15-11)10-5-3-2-4-6-10/h2-9,13-14H,1H3. The minimum atomic E-state index is -0.192. The lowest BCUT2D eigenvalue weighted by molar-refractivity contribution is 0.124. The zero-order chi connectivity index (χ0) is 10.7. The average Bonchev–Trinajstić information content (AvgIpc) is 2.78. The van der Waals surface area contributed by atoms with Crippen molar-refractivity contribution in [3.63, 3.8) is 0 Å². The monoisotopic (exact) mass is 203 g/mol. The molecule has 0 amide bonds. The van der Waals surface area contributed by atoms with Crippen LogP contribution in [0.5, 0.6) is 0 Å². The fourth-order valence-corrected chi connectivity index (χ4v) is 1.41. The Morgan fingerprint density at radius 1 is 1.13 bits per heavy atom. The van der Waals surface area contributed by atoms with E-state index in [0.717, 1.165) is 17.1 Å². The Morgan fingerprint density at radius 3 is 2.53 bits per heavy atom. The molecule has 1 heterocycles. The highest BCUT2D eigenvalue weighted by atomic mass is 16.5. The van der Waals surface area contributed by atoms with Gasteiger partial charge < -0.3 is 9.62 Å². The molecule has 0 saturated carbocycles. The van der Waals surface area contributed by atoms with Gasteiger partial charge in [-0.25, -0.2) is 0 Å². The molecule has 1 atom stereocenters. The van der Waals surface area contributed by atoms with Crippen LogP contribution in [0.4, 0.5) is 0 Å². The summed E-state index contributed by atoms with van der Waals surface area (Å²) in [5, 5.41) is 8.76. The second kappa shape index (κ2) is 4.29. The molecule has 3 heteroatoms. The molecule has 2 aromatic rings. The molecule has 1 aromatic heterocycles. The molecule has 0 spiro atoms. The summed E-state index contributed by atoms with van der Waals surface area (Å²) in [4.78, 5) is 0. The first kappa shape index (κ1) is 9.96. The molecule has 0 radical (unpaired) electrons. The van der Waals surface area contributed by atoms with Gasteiger partial charge in [-0.2, -0.15) is 5.48 Å². The summed E-state index contributed by atoms with van der Waals surface area (Å²) in [6.45, 7) is 1.83. The number of furan rings is 1. The number of benzene rings is 1. The largest absolute Gasteiger partial charge is 0.459 e. The normalized spacial score (nSPS) is 12.7. The molecule has 0 saturated heterocycles. The Balaban J connectivity index is 2.28. The Hall–Kier alpha value is -1.58. The molecule has 1 aromatic carbocycles. The third-order valence-electron chi connectivity index (χ3n) is 2.31. The highest BCUT2D eigenvalue weighted by Gasteiger charge is 2.09. The number of hydrogen-bond donors (Lipinski definition) is 2. The van der Waals surface area contributed by atoms with Crippen molar-refractivity contribution in [2.75, 3.05) is 0 Å². The minimum absolute atomic E-state index is 0.192. The van der Waals surface area contributed by atoms with Crippen LogP contribution >= 0.6 is 0 Å². The second-order valence-electron chi connectivity index (χ2n) is 3.42. The lowest BCUT2D eigenvalue weighted by atomic mass is 10.2. The second-order valence-corrected chi connectivity index (χ2v) is 3.42. The van der Waals surface area contributed by atoms with Gasteiger partial charge in [0.15, 0.2) is 0 Å². The summed E-state index contributed by atoms with van der Waals surface area (Å²) >= 11 is 0. The fraction of sp³-hybridized carbons (Fsp3) is 0.167. The molecule has 78 valence electrons. The zero-order valence-electron chi connectivity index (χ0n) is 8.47. The van der Waals surface area contributed by atoms with Crippen LogP contribution < -0.4 is 5.48 Å². The van der Waals surface area contributed by atoms with Crippen LogP contribution in [-0.4, -0.2) is 5.21 Å². The lowest BCUT2D eigenvalue weighted by Crippen LogP contribution is -2.11. The first-order chi connectivity index (χ1) is 7.31. The van der Waals surface area contributed by atoms with E-state index in [-0.39, 0.29) is 6.04 Å². The Kier molecular flexibility index (Phi) is 2.85. The van der Waals surface area contributed by atoms with Crippen molar-refractivity contribution in [3.05, 3.63) is 48.2 Å². The third kappa shape index (κ3) is 2.09. The van der Waals surface area contributed by atoms with Crippen molar-refractivity contribution in [1.29, 1.82) is 0 Å². The van der Waals surface area contributed by atoms with E-state index in [1.165, 1.54) is 0 Å². The first-order valence-electron chi connectivity index (χ1n) is 4.86. The van der Waals surface area contributed by atoms with E-state index in [2.05, 4.69) is 5.48 Å². The van der Waals surface area contributed by atoms with Gasteiger partial charge in [-0.05, 0) is 19.1 Å². The number of nitrogens with one attached hydrogen (secondary N) is 1. The molecule has 0 fully saturated rings. The minimum Gasteiger partial charge on any atom is -0.459 e. The number of rotatable bonds is 3. The summed E-state index contributed by atoms with van der Waals surface area (Å²) in [5.41, 5.74) is 3.19. The van der Waals surface area contributed by atoms with Crippen LogP contribution in [-0.2, 0) is 0 Å². The van der Waals surface area contributed by atoms with Crippen LogP contribution in [0.3, 0.4) is 0 Å². The molecule has 0 aliphatic carbocycles. The van der Waals surface area contributed by atoms with Crippen molar-refractivity contribution in [1.82, 2.24) is 5.48 Å². The third-order valence-corrected chi connectivity index (χ3v) is 2.31. The maximum Gasteiger partial charge on any atom is 0.134 e. The van der Waals surface area contributed by atoms with Crippen molar-refractivity contribution >= 4 is 0 Å². The SMILES string of the molecule is CC(NO)c1ccc(-c2ccccc2)o1. The molecular formula is C12H13NO2. The van der Waals surface area contributed by atoms with Crippen molar-refractivity contribution in [2.45, 2.75) is 13.0 Å². The summed E-state index contributed by atoms with van der Waals surface area (Å²) in [6.07, 6.45) is 0. The summed E-state index contributed by atoms with van der Waals surface area (Å²) < 4.78 is 5.60. The van der Waals surface area contributed by atoms with Gasteiger partial charge >= 0.3 is 0 Å². The van der Waals surface area contributed by atoms with Crippen molar-refractivity contribution in [3.8, 4) is 11.3 Å². The van der Waals surface area contributed by atoms with Gasteiger partial charge in [-0.1, -0.05) is 30.3 Å². The van der Waals surface area contributed by atoms with Gasteiger partial charge in [-0.3, -0.25) is 0 Å². The van der Waals surface area contributed by atoms with Gasteiger partial charge in [0, 0.05) is 5.56 Å². The van der Waals surface area contributed by atoms with Crippen molar-refractivity contribution in [2.24, 2.45) is 0 Å². The molecule has 0 bridgehead atoms. The van der Waals surface area contributed by atoms with E-state index in [4.69, 9.17) is 9.62 Å². The molecule has 2 rings (SSSR count). The van der Waals surface area contributed by atoms with E-state index < -0.39 is 0 Å². The predicted molar refractivity (Wildman–Crippen MR) is 57.5 cm³/mol. The van der Waals surface area contributed by atoms with E-state index >= 15 is 0 Å². The van der Waals surface area contributed by atoms with Gasteiger partial charge in [0.05, 0.1) is 6.04 Å². The maximum absolute atomic E-state index is 8.76. The van der Waals surface area contributed by atoms with E-state index in [0.29, 0.717) is 0 Å². The highest BCUT2D eigenvalue weighted by Crippen LogP contribution is 2.24. The first-order valence-corrected chi connectivity index (χ1v) is 4.86. The van der Waals surface area contributed by atoms with Gasteiger partial charge in [0.1, 0.15) is 11.5 Å². The molecule has 2 N–H and O–H groups in total. The van der Waals surface area contributed by atoms with Crippen LogP contribution in [0.25, 0.3) is 11.3 Å². The predicted octanol–water partition coefficient (Wildman–Crippen LogP) is 2.99. The molecular weight excluding hydrogens is 190 g/mol. The summed E-state index contributed by atoms with van der Waals surface area (Å²) in [6, 6.07) is 13.4. The van der Waals surface area contributed by atoms with Gasteiger partial charge in [0.25, 0.3) is 0 Å². The fourth-order valence-electron chi connectivity index (χ4n) is 1.41. The molecule has 15 heavy (non-hydrogen) atoms. The Labute approximate surface area is 88.3 Å². The van der Waals surface area contributed by atoms with Crippen LogP contribution in [0.15, 0.2) is 46.9 Å². The lowest BCUT2D eigenvalue weighted by Gasteiger charge is -2.04. The van der Waals surface area contributed by atoms with Gasteiger partial charge in [-0.15, -0.1) is 0 Å². The zero-order valence-corrected chi connectivity index (χ0v) is 8.47. The molecule has 0 aliphatic rings. The molecule has 3 nitrogen and oxygen atoms in total. The molecule has 0 aliphatic heterocycles. The molecule has 1 unspecified atom stereocenters. The smallest absolute Gasteiger partial charge is 0.134 e. The van der Waals surface area contributed by atoms with Crippen LogP contribution in [0, 0.1) is 0 Å². The van der Waals surface area contributed by atoms with Crippen LogP contribution in [0.1, 0.15) is 18.7 Å². The van der Waals surface area contributed by atoms with E-state index in [9.17, 15) is 0 Å². The topological polar surface area (TPSA) is 45.4 Å². The average molecular weight is 203 g/mol. The van der Waals surface area contributed by atoms with Gasteiger partial charge in [0.2, 0.25) is 0 Å². The highest BCUT2D eigenvalue weighted by molar-refractivity contribution is 5.57. The summed E-state index contributed by atoms with van der Waals surface area (Å²) in [5.74, 6) is 1.53. The van der Waals surface area contributed by atoms with Crippen LogP contribution in [0.2, 0.25) is 0 Å². The summed E-state index contributed by atoms with van der Waals surface area (Å²) in [7, 11) is 0. The van der Waals surface area contributed by atoms with E-state index in [1.807, 2.05) is 49.4 Å².